The summed E-state index contributed by atoms with van der Waals surface area (Å²) < 4.78 is 5.20. The first-order valence-corrected chi connectivity index (χ1v) is 5.07. The van der Waals surface area contributed by atoms with Gasteiger partial charge < -0.3 is 9.84 Å². The van der Waals surface area contributed by atoms with Crippen LogP contribution in [0.25, 0.3) is 0 Å². The smallest absolute Gasteiger partial charge is 0.115 e. The number of hydrogen-bond donors (Lipinski definition) is 1. The van der Waals surface area contributed by atoms with Crippen molar-refractivity contribution in [1.82, 2.24) is 0 Å². The van der Waals surface area contributed by atoms with Crippen LogP contribution in [0.2, 0.25) is 0 Å². The minimum atomic E-state index is -0.331. The maximum absolute atomic E-state index is 9.78. The Bertz CT molecular complexity index is 290. The van der Waals surface area contributed by atoms with Crippen molar-refractivity contribution in [2.75, 3.05) is 6.61 Å². The number of aliphatic hydroxyl groups excluding tert-OH is 1. The van der Waals surface area contributed by atoms with Crippen LogP contribution in [0.4, 0.5) is 0 Å². The van der Waals surface area contributed by atoms with Crippen LogP contribution in [0.5, 0.6) is 0 Å². The molecule has 0 bridgehead atoms. The van der Waals surface area contributed by atoms with Gasteiger partial charge in [0.25, 0.3) is 0 Å². The largest absolute Gasteiger partial charge is 0.390 e. The van der Waals surface area contributed by atoms with Gasteiger partial charge in [-0.15, -0.1) is 0 Å². The van der Waals surface area contributed by atoms with Crippen LogP contribution in [0.3, 0.4) is 0 Å². The molecule has 14 heavy (non-hydrogen) atoms. The highest BCUT2D eigenvalue weighted by Crippen LogP contribution is 2.32. The van der Waals surface area contributed by atoms with Crippen molar-refractivity contribution in [1.29, 1.82) is 0 Å². The van der Waals surface area contributed by atoms with Crippen LogP contribution in [0.1, 0.15) is 18.9 Å². The summed E-state index contributed by atoms with van der Waals surface area (Å²) in [5.41, 5.74) is 1.02. The van der Waals surface area contributed by atoms with E-state index in [1.54, 1.807) is 0 Å². The number of benzene rings is 1. The fourth-order valence-corrected chi connectivity index (χ4v) is 1.56. The average molecular weight is 192 g/mol. The van der Waals surface area contributed by atoms with E-state index in [-0.39, 0.29) is 11.7 Å². The zero-order valence-corrected chi connectivity index (χ0v) is 8.44. The molecular weight excluding hydrogens is 176 g/mol. The van der Waals surface area contributed by atoms with Crippen LogP contribution in [-0.4, -0.2) is 23.4 Å². The summed E-state index contributed by atoms with van der Waals surface area (Å²) in [5, 5.41) is 9.78. The summed E-state index contributed by atoms with van der Waals surface area (Å²) in [4.78, 5) is 0. The molecule has 76 valence electrons. The van der Waals surface area contributed by atoms with E-state index in [1.165, 1.54) is 5.56 Å². The molecule has 0 unspecified atom stereocenters. The zero-order valence-electron chi connectivity index (χ0n) is 8.44. The maximum atomic E-state index is 9.78. The van der Waals surface area contributed by atoms with Crippen molar-refractivity contribution >= 4 is 0 Å². The van der Waals surface area contributed by atoms with Crippen LogP contribution >= 0.6 is 0 Å². The van der Waals surface area contributed by atoms with Gasteiger partial charge >= 0.3 is 0 Å². The number of ether oxygens (including phenoxy) is 1. The van der Waals surface area contributed by atoms with E-state index >= 15 is 0 Å². The summed E-state index contributed by atoms with van der Waals surface area (Å²) in [5.74, 6) is 0. The lowest BCUT2D eigenvalue weighted by Gasteiger charge is -2.14. The Hall–Kier alpha value is -0.860. The highest BCUT2D eigenvalue weighted by atomic mass is 16.6. The molecule has 1 aromatic carbocycles. The van der Waals surface area contributed by atoms with Crippen LogP contribution in [-0.2, 0) is 11.2 Å². The lowest BCUT2D eigenvalue weighted by molar-refractivity contribution is 0.0778. The first kappa shape index (κ1) is 9.69. The molecule has 1 N–H and O–H groups in total. The first-order chi connectivity index (χ1) is 6.71. The number of rotatable bonds is 4. The van der Waals surface area contributed by atoms with Gasteiger partial charge in [-0.3, -0.25) is 0 Å². The lowest BCUT2D eigenvalue weighted by atomic mass is 9.99. The third-order valence-corrected chi connectivity index (χ3v) is 2.85. The number of epoxide rings is 1. The van der Waals surface area contributed by atoms with Crippen LogP contribution in [0, 0.1) is 0 Å². The summed E-state index contributed by atoms with van der Waals surface area (Å²) in [7, 11) is 0. The third-order valence-electron chi connectivity index (χ3n) is 2.85. The van der Waals surface area contributed by atoms with Crippen molar-refractivity contribution < 1.29 is 9.84 Å². The molecule has 0 amide bonds. The second-order valence-electron chi connectivity index (χ2n) is 4.14. The highest BCUT2D eigenvalue weighted by Gasteiger charge is 2.45. The molecule has 2 atom stereocenters. The fourth-order valence-electron chi connectivity index (χ4n) is 1.56. The molecule has 1 aliphatic heterocycles. The topological polar surface area (TPSA) is 32.8 Å². The monoisotopic (exact) mass is 192 g/mol. The summed E-state index contributed by atoms with van der Waals surface area (Å²) in [6.45, 7) is 2.66. The van der Waals surface area contributed by atoms with Gasteiger partial charge in [-0.05, 0) is 25.3 Å². The normalized spacial score (nSPS) is 27.3. The Morgan fingerprint density at radius 1 is 1.43 bits per heavy atom. The molecule has 1 aliphatic rings. The van der Waals surface area contributed by atoms with Crippen molar-refractivity contribution in [3.05, 3.63) is 35.9 Å². The zero-order chi connectivity index (χ0) is 10.0. The Morgan fingerprint density at radius 2 is 2.07 bits per heavy atom. The molecule has 0 aromatic heterocycles. The predicted molar refractivity (Wildman–Crippen MR) is 55.1 cm³/mol. The second-order valence-corrected chi connectivity index (χ2v) is 4.14. The molecule has 2 rings (SSSR count). The Morgan fingerprint density at radius 3 is 2.64 bits per heavy atom. The van der Waals surface area contributed by atoms with E-state index < -0.39 is 0 Å². The summed E-state index contributed by atoms with van der Waals surface area (Å²) >= 11 is 0. The quantitative estimate of drug-likeness (QED) is 0.737. The number of hydrogen-bond acceptors (Lipinski definition) is 2. The van der Waals surface area contributed by atoms with E-state index in [0.717, 1.165) is 12.8 Å². The molecule has 1 saturated heterocycles. The average Bonchev–Trinajstić information content (AvgIpc) is 2.96. The van der Waals surface area contributed by atoms with E-state index in [9.17, 15) is 5.11 Å². The second kappa shape index (κ2) is 3.71. The molecule has 2 heteroatoms. The van der Waals surface area contributed by atoms with Gasteiger partial charge in [0.15, 0.2) is 0 Å². The molecule has 0 saturated carbocycles. The Balaban J connectivity index is 1.83. The molecule has 0 spiro atoms. The van der Waals surface area contributed by atoms with Gasteiger partial charge in [-0.1, -0.05) is 30.3 Å². The first-order valence-electron chi connectivity index (χ1n) is 5.07. The SMILES string of the molecule is C[C@@]1([C@H](O)CCc2ccccc2)CO1. The van der Waals surface area contributed by atoms with Crippen molar-refractivity contribution in [2.45, 2.75) is 31.5 Å². The molecule has 2 nitrogen and oxygen atoms in total. The van der Waals surface area contributed by atoms with Crippen LogP contribution in [0.15, 0.2) is 30.3 Å². The standard InChI is InChI=1S/C12H16O2/c1-12(9-14-12)11(13)8-7-10-5-3-2-4-6-10/h2-6,11,13H,7-9H2,1H3/t11-,12+/m1/s1. The van der Waals surface area contributed by atoms with Gasteiger partial charge in [0.05, 0.1) is 12.7 Å². The molecule has 0 aliphatic carbocycles. The Labute approximate surface area is 84.5 Å². The Kier molecular flexibility index (Phi) is 2.57. The van der Waals surface area contributed by atoms with E-state index in [4.69, 9.17) is 4.74 Å². The van der Waals surface area contributed by atoms with Crippen molar-refractivity contribution in [2.24, 2.45) is 0 Å². The minimum absolute atomic E-state index is 0.255. The van der Waals surface area contributed by atoms with Crippen LogP contribution < -0.4 is 0 Å². The third kappa shape index (κ3) is 2.14. The van der Waals surface area contributed by atoms with E-state index in [1.807, 2.05) is 25.1 Å². The number of aryl methyl sites for hydroxylation is 1. The lowest BCUT2D eigenvalue weighted by Crippen LogP contribution is -2.26. The minimum Gasteiger partial charge on any atom is -0.390 e. The molecule has 0 radical (unpaired) electrons. The van der Waals surface area contributed by atoms with Gasteiger partial charge in [0.2, 0.25) is 0 Å². The van der Waals surface area contributed by atoms with Crippen molar-refractivity contribution in [3.63, 3.8) is 0 Å². The highest BCUT2D eigenvalue weighted by molar-refractivity contribution is 5.15. The number of aliphatic hydroxyl groups is 1. The fraction of sp³-hybridized carbons (Fsp3) is 0.500. The summed E-state index contributed by atoms with van der Waals surface area (Å²) in [6, 6.07) is 10.2. The molecule has 1 aromatic rings. The van der Waals surface area contributed by atoms with Gasteiger partial charge in [0, 0.05) is 0 Å². The van der Waals surface area contributed by atoms with E-state index in [2.05, 4.69) is 12.1 Å². The van der Waals surface area contributed by atoms with Crippen molar-refractivity contribution in [3.8, 4) is 0 Å². The van der Waals surface area contributed by atoms with Gasteiger partial charge in [-0.2, -0.15) is 0 Å². The van der Waals surface area contributed by atoms with Gasteiger partial charge in [0.1, 0.15) is 5.60 Å². The maximum Gasteiger partial charge on any atom is 0.115 e. The predicted octanol–water partition coefficient (Wildman–Crippen LogP) is 1.77. The summed E-state index contributed by atoms with van der Waals surface area (Å²) in [6.07, 6.45) is 1.37. The molecule has 1 fully saturated rings. The van der Waals surface area contributed by atoms with Gasteiger partial charge in [-0.25, -0.2) is 0 Å². The molecule has 1 heterocycles. The van der Waals surface area contributed by atoms with E-state index in [0.29, 0.717) is 6.61 Å². The molecular formula is C12H16O2.